The Bertz CT molecular complexity index is 767. The Kier molecular flexibility index (Phi) is 7.23. The van der Waals surface area contributed by atoms with Crippen molar-refractivity contribution in [3.05, 3.63) is 0 Å². The quantitative estimate of drug-likeness (QED) is 0.485. The summed E-state index contributed by atoms with van der Waals surface area (Å²) in [5.74, 6) is -1.35. The number of nitrogens with one attached hydrogen (secondary N) is 3. The van der Waals surface area contributed by atoms with Crippen molar-refractivity contribution >= 4 is 21.9 Å². The molecule has 4 rings (SSSR count). The normalized spacial score (nSPS) is 38.9. The van der Waals surface area contributed by atoms with Crippen LogP contribution in [0.3, 0.4) is 0 Å². The van der Waals surface area contributed by atoms with Gasteiger partial charge >= 0.3 is 5.97 Å². The molecule has 8 nitrogen and oxygen atoms in total. The molecule has 31 heavy (non-hydrogen) atoms. The van der Waals surface area contributed by atoms with Crippen LogP contribution in [0, 0.1) is 23.7 Å². The molecule has 1 heterocycles. The third-order valence-electron chi connectivity index (χ3n) is 8.05. The van der Waals surface area contributed by atoms with Crippen LogP contribution in [0.15, 0.2) is 0 Å². The topological polar surface area (TPSA) is 125 Å². The predicted octanol–water partition coefficient (Wildman–Crippen LogP) is 1.96. The summed E-state index contributed by atoms with van der Waals surface area (Å²) in [6, 6.07) is -0.251. The van der Waals surface area contributed by atoms with Gasteiger partial charge in [-0.3, -0.25) is 14.9 Å². The molecule has 3 aliphatic carbocycles. The van der Waals surface area contributed by atoms with E-state index < -0.39 is 27.2 Å². The first-order valence-corrected chi connectivity index (χ1v) is 13.7. The first kappa shape index (κ1) is 23.0. The average Bonchev–Trinajstić information content (AvgIpc) is 3.22. The minimum absolute atomic E-state index is 0.0164. The SMILES string of the molecule is O=C(O)C1CC2CCCC2C(S(=O)(=O)NC2CCCC(C(=O)NC3CCCCN3)C2)C1. The largest absolute Gasteiger partial charge is 0.481 e. The van der Waals surface area contributed by atoms with E-state index in [9.17, 15) is 23.1 Å². The summed E-state index contributed by atoms with van der Waals surface area (Å²) in [7, 11) is -3.64. The molecular formula is C22H37N3O5S. The van der Waals surface area contributed by atoms with Gasteiger partial charge in [-0.15, -0.1) is 0 Å². The van der Waals surface area contributed by atoms with Crippen molar-refractivity contribution in [2.24, 2.45) is 23.7 Å². The lowest BCUT2D eigenvalue weighted by Crippen LogP contribution is -2.52. The highest BCUT2D eigenvalue weighted by atomic mass is 32.2. The molecular weight excluding hydrogens is 418 g/mol. The zero-order chi connectivity index (χ0) is 22.0. The zero-order valence-corrected chi connectivity index (χ0v) is 19.0. The second-order valence-electron chi connectivity index (χ2n) is 10.1. The van der Waals surface area contributed by atoms with Gasteiger partial charge in [-0.2, -0.15) is 0 Å². The minimum atomic E-state index is -3.64. The average molecular weight is 456 g/mol. The highest BCUT2D eigenvalue weighted by molar-refractivity contribution is 7.90. The van der Waals surface area contributed by atoms with Crippen molar-refractivity contribution in [1.29, 1.82) is 0 Å². The lowest BCUT2D eigenvalue weighted by Gasteiger charge is -2.38. The van der Waals surface area contributed by atoms with Gasteiger partial charge in [0.1, 0.15) is 0 Å². The highest BCUT2D eigenvalue weighted by Gasteiger charge is 2.48. The van der Waals surface area contributed by atoms with Crippen LogP contribution in [0.4, 0.5) is 0 Å². The molecule has 176 valence electrons. The van der Waals surface area contributed by atoms with Gasteiger partial charge < -0.3 is 10.4 Å². The molecule has 0 aromatic carbocycles. The minimum Gasteiger partial charge on any atom is -0.481 e. The van der Waals surface area contributed by atoms with Gasteiger partial charge in [0.05, 0.1) is 17.3 Å². The Balaban J connectivity index is 1.37. The van der Waals surface area contributed by atoms with E-state index in [-0.39, 0.29) is 42.3 Å². The van der Waals surface area contributed by atoms with E-state index >= 15 is 0 Å². The van der Waals surface area contributed by atoms with Crippen molar-refractivity contribution < 1.29 is 23.1 Å². The molecule has 7 unspecified atom stereocenters. The van der Waals surface area contributed by atoms with E-state index in [1.54, 1.807) is 0 Å². The van der Waals surface area contributed by atoms with Crippen LogP contribution in [0.2, 0.25) is 0 Å². The Labute approximate surface area is 185 Å². The van der Waals surface area contributed by atoms with Crippen LogP contribution in [0.25, 0.3) is 0 Å². The van der Waals surface area contributed by atoms with E-state index in [1.165, 1.54) is 0 Å². The summed E-state index contributed by atoms with van der Waals surface area (Å²) in [5, 5.41) is 15.3. The predicted molar refractivity (Wildman–Crippen MR) is 117 cm³/mol. The van der Waals surface area contributed by atoms with Gasteiger partial charge in [0.25, 0.3) is 0 Å². The maximum absolute atomic E-state index is 13.3. The number of amides is 1. The van der Waals surface area contributed by atoms with Gasteiger partial charge in [0.15, 0.2) is 0 Å². The Morgan fingerprint density at radius 3 is 2.42 bits per heavy atom. The van der Waals surface area contributed by atoms with E-state index in [1.807, 2.05) is 0 Å². The molecule has 0 spiro atoms. The monoisotopic (exact) mass is 455 g/mol. The van der Waals surface area contributed by atoms with Gasteiger partial charge in [-0.1, -0.05) is 19.3 Å². The standard InChI is InChI=1S/C22H37N3O5S/c26-21(24-20-9-1-2-10-23-20)15-6-3-7-17(12-15)25-31(29,30)19-13-16(22(27)28)11-14-5-4-8-18(14)19/h14-20,23,25H,1-13H2,(H,24,26)(H,27,28). The molecule has 0 aromatic heterocycles. The maximum atomic E-state index is 13.3. The van der Waals surface area contributed by atoms with Gasteiger partial charge in [0, 0.05) is 12.0 Å². The number of sulfonamides is 1. The Hall–Kier alpha value is -1.19. The first-order valence-electron chi connectivity index (χ1n) is 12.1. The maximum Gasteiger partial charge on any atom is 0.306 e. The van der Waals surface area contributed by atoms with E-state index in [0.29, 0.717) is 12.8 Å². The van der Waals surface area contributed by atoms with E-state index in [0.717, 1.165) is 64.3 Å². The lowest BCUT2D eigenvalue weighted by molar-refractivity contribution is -0.143. The molecule has 0 bridgehead atoms. The van der Waals surface area contributed by atoms with Crippen LogP contribution in [0.1, 0.15) is 77.0 Å². The Morgan fingerprint density at radius 2 is 1.68 bits per heavy atom. The number of fused-ring (bicyclic) bond motifs is 1. The van der Waals surface area contributed by atoms with Crippen molar-refractivity contribution in [3.63, 3.8) is 0 Å². The summed E-state index contributed by atoms with van der Waals surface area (Å²) in [6.07, 6.45) is 9.62. The van der Waals surface area contributed by atoms with Crippen LogP contribution in [0.5, 0.6) is 0 Å². The highest BCUT2D eigenvalue weighted by Crippen LogP contribution is 2.47. The number of carboxylic acid groups (broad SMARTS) is 1. The van der Waals surface area contributed by atoms with Gasteiger partial charge in [-0.25, -0.2) is 13.1 Å². The third kappa shape index (κ3) is 5.42. The van der Waals surface area contributed by atoms with Crippen LogP contribution in [-0.4, -0.2) is 49.4 Å². The molecule has 0 aromatic rings. The molecule has 4 fully saturated rings. The molecule has 1 saturated heterocycles. The summed E-state index contributed by atoms with van der Waals surface area (Å²) >= 11 is 0. The molecule has 0 radical (unpaired) electrons. The summed E-state index contributed by atoms with van der Waals surface area (Å²) in [6.45, 7) is 0.916. The number of carbonyl (C=O) groups excluding carboxylic acids is 1. The number of carbonyl (C=O) groups is 2. The first-order chi connectivity index (χ1) is 14.8. The second-order valence-corrected chi connectivity index (χ2v) is 12.1. The fourth-order valence-corrected chi connectivity index (χ4v) is 8.60. The van der Waals surface area contributed by atoms with E-state index in [2.05, 4.69) is 15.4 Å². The number of hydrogen-bond donors (Lipinski definition) is 4. The fraction of sp³-hybridized carbons (Fsp3) is 0.909. The molecule has 3 saturated carbocycles. The number of carboxylic acids is 1. The van der Waals surface area contributed by atoms with Crippen molar-refractivity contribution in [2.45, 2.75) is 94.5 Å². The fourth-order valence-electron chi connectivity index (χ4n) is 6.44. The molecule has 1 amide bonds. The van der Waals surface area contributed by atoms with E-state index in [4.69, 9.17) is 0 Å². The van der Waals surface area contributed by atoms with Crippen molar-refractivity contribution in [2.75, 3.05) is 6.54 Å². The van der Waals surface area contributed by atoms with Gasteiger partial charge in [-0.05, 0) is 76.2 Å². The molecule has 1 aliphatic heterocycles. The van der Waals surface area contributed by atoms with Crippen molar-refractivity contribution in [3.8, 4) is 0 Å². The third-order valence-corrected chi connectivity index (χ3v) is 10.1. The summed E-state index contributed by atoms with van der Waals surface area (Å²) in [4.78, 5) is 24.4. The van der Waals surface area contributed by atoms with Crippen molar-refractivity contribution in [1.82, 2.24) is 15.4 Å². The van der Waals surface area contributed by atoms with Crippen LogP contribution in [-0.2, 0) is 19.6 Å². The molecule has 4 N–H and O–H groups in total. The second kappa shape index (κ2) is 9.75. The number of aliphatic carboxylic acids is 1. The van der Waals surface area contributed by atoms with Gasteiger partial charge in [0.2, 0.25) is 15.9 Å². The smallest absolute Gasteiger partial charge is 0.306 e. The molecule has 7 atom stereocenters. The number of hydrogen-bond acceptors (Lipinski definition) is 5. The number of piperidine rings is 1. The van der Waals surface area contributed by atoms with Crippen LogP contribution >= 0.6 is 0 Å². The summed E-state index contributed by atoms with van der Waals surface area (Å²) < 4.78 is 29.6. The number of rotatable bonds is 6. The van der Waals surface area contributed by atoms with Crippen LogP contribution < -0.4 is 15.4 Å². The lowest BCUT2D eigenvalue weighted by atomic mass is 9.75. The Morgan fingerprint density at radius 1 is 0.871 bits per heavy atom. The molecule has 4 aliphatic rings. The summed E-state index contributed by atoms with van der Waals surface area (Å²) in [5.41, 5.74) is 0. The zero-order valence-electron chi connectivity index (χ0n) is 18.2. The molecule has 9 heteroatoms.